The Kier molecular flexibility index (Phi) is 7.86. The van der Waals surface area contributed by atoms with E-state index < -0.39 is 66.8 Å². The van der Waals surface area contributed by atoms with Gasteiger partial charge in [0.1, 0.15) is 30.5 Å². The number of hydrogen-bond donors (Lipinski definition) is 6. The van der Waals surface area contributed by atoms with Crippen molar-refractivity contribution in [3.8, 4) is 0 Å². The van der Waals surface area contributed by atoms with E-state index in [0.29, 0.717) is 36.0 Å². The molecule has 10 heteroatoms. The third-order valence-corrected chi connectivity index (χ3v) is 14.2. The van der Waals surface area contributed by atoms with Gasteiger partial charge in [-0.3, -0.25) is 0 Å². The minimum Gasteiger partial charge on any atom is -0.394 e. The molecular formula is C33H54O10. The van der Waals surface area contributed by atoms with Crippen molar-refractivity contribution in [3.05, 3.63) is 0 Å². The average Bonchev–Trinajstić information content (AvgIpc) is 3.43. The van der Waals surface area contributed by atoms with Crippen LogP contribution < -0.4 is 0 Å². The molecule has 0 radical (unpaired) electrons. The fraction of sp³-hybridized carbons (Fsp3) is 1.00. The van der Waals surface area contributed by atoms with Crippen LogP contribution in [-0.2, 0) is 18.9 Å². The zero-order valence-corrected chi connectivity index (χ0v) is 26.1. The molecular weight excluding hydrogens is 556 g/mol. The Balaban J connectivity index is 1.16. The number of aliphatic hydroxyl groups is 6. The second-order valence-electron chi connectivity index (χ2n) is 16.1. The minimum absolute atomic E-state index is 0.114. The molecule has 19 unspecified atom stereocenters. The van der Waals surface area contributed by atoms with Crippen molar-refractivity contribution < 1.29 is 49.6 Å². The van der Waals surface area contributed by atoms with E-state index in [1.54, 1.807) is 0 Å². The molecule has 7 aliphatic rings. The summed E-state index contributed by atoms with van der Waals surface area (Å²) in [6, 6.07) is 0. The fourth-order valence-electron chi connectivity index (χ4n) is 11.9. The Hall–Kier alpha value is -0.400. The lowest BCUT2D eigenvalue weighted by Gasteiger charge is -2.64. The number of fused-ring (bicyclic) bond motifs is 7. The lowest BCUT2D eigenvalue weighted by Crippen LogP contribution is -2.67. The van der Waals surface area contributed by atoms with Gasteiger partial charge in [0.2, 0.25) is 0 Å². The van der Waals surface area contributed by atoms with Crippen molar-refractivity contribution in [2.45, 2.75) is 140 Å². The molecule has 4 aliphatic carbocycles. The van der Waals surface area contributed by atoms with Crippen molar-refractivity contribution in [1.29, 1.82) is 0 Å². The molecule has 7 rings (SSSR count). The van der Waals surface area contributed by atoms with E-state index in [0.717, 1.165) is 51.6 Å². The highest BCUT2D eigenvalue weighted by Gasteiger charge is 2.70. The zero-order valence-electron chi connectivity index (χ0n) is 26.1. The van der Waals surface area contributed by atoms with Crippen LogP contribution in [-0.4, -0.2) is 105 Å². The molecule has 0 aromatic rings. The molecule has 246 valence electrons. The maximum atomic E-state index is 11.4. The van der Waals surface area contributed by atoms with Crippen LogP contribution in [0.1, 0.15) is 79.1 Å². The first-order valence-corrected chi connectivity index (χ1v) is 17.0. The smallest absolute Gasteiger partial charge is 0.187 e. The fourth-order valence-corrected chi connectivity index (χ4v) is 11.9. The molecule has 3 aliphatic heterocycles. The van der Waals surface area contributed by atoms with Gasteiger partial charge in [-0.15, -0.1) is 0 Å². The predicted octanol–water partition coefficient (Wildman–Crippen LogP) is 1.56. The van der Waals surface area contributed by atoms with Crippen molar-refractivity contribution in [2.75, 3.05) is 13.2 Å². The van der Waals surface area contributed by atoms with E-state index in [1.807, 2.05) is 0 Å². The molecule has 6 N–H and O–H groups in total. The molecule has 0 amide bonds. The maximum absolute atomic E-state index is 11.4. The van der Waals surface area contributed by atoms with E-state index in [2.05, 4.69) is 27.7 Å². The molecule has 0 aromatic carbocycles. The molecule has 3 heterocycles. The summed E-state index contributed by atoms with van der Waals surface area (Å²) in [6.45, 7) is 9.47. The summed E-state index contributed by atoms with van der Waals surface area (Å²) in [7, 11) is 0. The van der Waals surface area contributed by atoms with Gasteiger partial charge in [-0.2, -0.15) is 0 Å². The number of ether oxygens (including phenoxy) is 4. The third-order valence-electron chi connectivity index (χ3n) is 14.2. The summed E-state index contributed by atoms with van der Waals surface area (Å²) in [5.74, 6) is 2.11. The van der Waals surface area contributed by atoms with Gasteiger partial charge in [0, 0.05) is 17.8 Å². The second-order valence-corrected chi connectivity index (χ2v) is 16.1. The summed E-state index contributed by atoms with van der Waals surface area (Å²) in [6.07, 6.45) is -2.33. The summed E-state index contributed by atoms with van der Waals surface area (Å²) in [5.41, 5.74) is -0.374. The van der Waals surface area contributed by atoms with Gasteiger partial charge in [-0.05, 0) is 85.9 Å². The molecule has 43 heavy (non-hydrogen) atoms. The molecule has 0 aromatic heterocycles. The van der Waals surface area contributed by atoms with Crippen molar-refractivity contribution in [2.24, 2.45) is 52.3 Å². The van der Waals surface area contributed by atoms with E-state index in [9.17, 15) is 30.6 Å². The van der Waals surface area contributed by atoms with Gasteiger partial charge in [0.15, 0.2) is 12.1 Å². The second kappa shape index (κ2) is 10.8. The number of aliphatic hydroxyl groups excluding tert-OH is 6. The lowest BCUT2D eigenvalue weighted by molar-refractivity contribution is -0.346. The van der Waals surface area contributed by atoms with E-state index in [-0.39, 0.29) is 23.4 Å². The maximum Gasteiger partial charge on any atom is 0.187 e. The highest BCUT2D eigenvalue weighted by Crippen LogP contribution is 2.71. The summed E-state index contributed by atoms with van der Waals surface area (Å²) in [4.78, 5) is 0. The van der Waals surface area contributed by atoms with Crippen LogP contribution in [0.5, 0.6) is 0 Å². The first-order valence-electron chi connectivity index (χ1n) is 17.0. The van der Waals surface area contributed by atoms with Crippen molar-refractivity contribution >= 4 is 0 Å². The van der Waals surface area contributed by atoms with Gasteiger partial charge in [-0.25, -0.2) is 0 Å². The molecule has 4 saturated carbocycles. The van der Waals surface area contributed by atoms with Crippen LogP contribution in [0.25, 0.3) is 0 Å². The largest absolute Gasteiger partial charge is 0.394 e. The normalized spacial score (nSPS) is 61.5. The van der Waals surface area contributed by atoms with Crippen LogP contribution in [0.3, 0.4) is 0 Å². The topological polar surface area (TPSA) is 158 Å². The summed E-state index contributed by atoms with van der Waals surface area (Å²) >= 11 is 0. The lowest BCUT2D eigenvalue weighted by atomic mass is 9.43. The van der Waals surface area contributed by atoms with Crippen LogP contribution in [0.4, 0.5) is 0 Å². The van der Waals surface area contributed by atoms with Crippen molar-refractivity contribution in [3.63, 3.8) is 0 Å². The minimum atomic E-state index is -1.57. The Labute approximate surface area is 255 Å². The molecule has 19 atom stereocenters. The monoisotopic (exact) mass is 610 g/mol. The molecule has 1 spiro atoms. The van der Waals surface area contributed by atoms with Crippen LogP contribution in [0, 0.1) is 52.3 Å². The molecule has 10 nitrogen and oxygen atoms in total. The number of hydrogen-bond acceptors (Lipinski definition) is 10. The standard InChI is InChI=1S/C33H54O10/c1-15-7-10-33(40-14-15)16(2)24-22(43-33)12-20-18-6-5-17-11-21(35)25(36)29(32(17,4)19(18)8-9-31(20,24)3)42-30-28(39)27(38)26(37)23(13-34)41-30/h15-30,34-39H,5-14H2,1-4H3. The SMILES string of the molecule is CC1CCC2(OC1)OC1CC3C4CCC5CC(O)C(O)C(OC6OC(CO)C(O)C(O)C6O)C5(C)C4CCC3(C)C1C2C. The van der Waals surface area contributed by atoms with Crippen LogP contribution in [0.2, 0.25) is 0 Å². The van der Waals surface area contributed by atoms with Crippen LogP contribution in [0.15, 0.2) is 0 Å². The van der Waals surface area contributed by atoms with Gasteiger partial charge in [0.05, 0.1) is 31.5 Å². The molecule has 3 saturated heterocycles. The van der Waals surface area contributed by atoms with Gasteiger partial charge < -0.3 is 49.6 Å². The highest BCUT2D eigenvalue weighted by atomic mass is 16.7. The Morgan fingerprint density at radius 3 is 2.30 bits per heavy atom. The first-order chi connectivity index (χ1) is 20.4. The molecule has 7 fully saturated rings. The summed E-state index contributed by atoms with van der Waals surface area (Å²) < 4.78 is 25.5. The Bertz CT molecular complexity index is 1030. The third kappa shape index (κ3) is 4.41. The highest BCUT2D eigenvalue weighted by molar-refractivity contribution is 5.17. The Morgan fingerprint density at radius 1 is 0.837 bits per heavy atom. The Morgan fingerprint density at radius 2 is 1.60 bits per heavy atom. The van der Waals surface area contributed by atoms with Crippen LogP contribution >= 0.6 is 0 Å². The summed E-state index contributed by atoms with van der Waals surface area (Å²) in [5, 5.41) is 63.7. The predicted molar refractivity (Wildman–Crippen MR) is 153 cm³/mol. The van der Waals surface area contributed by atoms with E-state index in [1.165, 1.54) is 0 Å². The van der Waals surface area contributed by atoms with Crippen molar-refractivity contribution in [1.82, 2.24) is 0 Å². The number of rotatable bonds is 3. The van der Waals surface area contributed by atoms with Gasteiger partial charge in [-0.1, -0.05) is 27.7 Å². The first kappa shape index (κ1) is 31.2. The van der Waals surface area contributed by atoms with Gasteiger partial charge in [0.25, 0.3) is 0 Å². The van der Waals surface area contributed by atoms with Gasteiger partial charge >= 0.3 is 0 Å². The average molecular weight is 611 g/mol. The quantitative estimate of drug-likeness (QED) is 0.277. The van der Waals surface area contributed by atoms with E-state index in [4.69, 9.17) is 18.9 Å². The zero-order chi connectivity index (χ0) is 30.6. The molecule has 0 bridgehead atoms. The van der Waals surface area contributed by atoms with E-state index >= 15 is 0 Å².